The summed E-state index contributed by atoms with van der Waals surface area (Å²) in [6, 6.07) is 13.8. The van der Waals surface area contributed by atoms with Crippen molar-refractivity contribution in [3.8, 4) is 0 Å². The number of aliphatic imine (C=N–C) groups is 1. The lowest BCUT2D eigenvalue weighted by Gasteiger charge is -2.19. The Morgan fingerprint density at radius 1 is 1.07 bits per heavy atom. The summed E-state index contributed by atoms with van der Waals surface area (Å²) in [6.07, 6.45) is 4.18. The number of nitrogens with one attached hydrogen (secondary N) is 1. The highest BCUT2D eigenvalue weighted by atomic mass is 32.2. The van der Waals surface area contributed by atoms with E-state index in [0.717, 1.165) is 36.2 Å². The Labute approximate surface area is 160 Å². The molecule has 0 fully saturated rings. The first kappa shape index (κ1) is 17.9. The Hall–Kier alpha value is -2.54. The highest BCUT2D eigenvalue weighted by Crippen LogP contribution is 2.30. The van der Waals surface area contributed by atoms with Crippen LogP contribution < -0.4 is 15.4 Å². The van der Waals surface area contributed by atoms with Crippen molar-refractivity contribution in [2.24, 2.45) is 10.7 Å². The van der Waals surface area contributed by atoms with Crippen molar-refractivity contribution in [1.82, 2.24) is 0 Å². The molecule has 0 unspecified atom stereocenters. The van der Waals surface area contributed by atoms with Crippen LogP contribution in [0.1, 0.15) is 23.1 Å². The highest BCUT2D eigenvalue weighted by Gasteiger charge is 2.28. The predicted octanol–water partition coefficient (Wildman–Crippen LogP) is 2.29. The number of rotatable bonds is 5. The average Bonchev–Trinajstić information content (AvgIpc) is 3.28. The predicted molar refractivity (Wildman–Crippen MR) is 110 cm³/mol. The molecule has 0 bridgehead atoms. The van der Waals surface area contributed by atoms with E-state index < -0.39 is 10.0 Å². The van der Waals surface area contributed by atoms with Gasteiger partial charge in [0.05, 0.1) is 18.0 Å². The average molecular weight is 385 g/mol. The number of sulfonamides is 1. The van der Waals surface area contributed by atoms with Gasteiger partial charge in [-0.3, -0.25) is 9.30 Å². The smallest absolute Gasteiger partial charge is 0.237 e. The largest absolute Gasteiger partial charge is 0.370 e. The van der Waals surface area contributed by atoms with Gasteiger partial charge >= 0.3 is 0 Å². The molecule has 2 aromatic rings. The zero-order valence-corrected chi connectivity index (χ0v) is 16.0. The maximum Gasteiger partial charge on any atom is 0.237 e. The van der Waals surface area contributed by atoms with Crippen molar-refractivity contribution in [2.75, 3.05) is 28.5 Å². The van der Waals surface area contributed by atoms with Crippen LogP contribution in [-0.2, 0) is 29.3 Å². The van der Waals surface area contributed by atoms with E-state index in [1.165, 1.54) is 21.9 Å². The summed E-state index contributed by atoms with van der Waals surface area (Å²) in [4.78, 5) is 4.20. The van der Waals surface area contributed by atoms with Gasteiger partial charge in [-0.1, -0.05) is 24.3 Å². The normalized spacial score (nSPS) is 16.3. The Kier molecular flexibility index (Phi) is 4.78. The van der Waals surface area contributed by atoms with Crippen LogP contribution in [0.3, 0.4) is 0 Å². The van der Waals surface area contributed by atoms with Crippen LogP contribution in [0.25, 0.3) is 0 Å². The van der Waals surface area contributed by atoms with E-state index in [4.69, 9.17) is 5.73 Å². The molecule has 6 nitrogen and oxygen atoms in total. The van der Waals surface area contributed by atoms with Gasteiger partial charge < -0.3 is 11.1 Å². The summed E-state index contributed by atoms with van der Waals surface area (Å²) in [5, 5.41) is 3.06. The van der Waals surface area contributed by atoms with E-state index >= 15 is 0 Å². The van der Waals surface area contributed by atoms with Crippen molar-refractivity contribution in [2.45, 2.75) is 25.7 Å². The van der Waals surface area contributed by atoms with Crippen molar-refractivity contribution < 1.29 is 8.42 Å². The monoisotopic (exact) mass is 384 g/mol. The molecule has 0 saturated carbocycles. The Morgan fingerprint density at radius 3 is 2.78 bits per heavy atom. The van der Waals surface area contributed by atoms with E-state index in [2.05, 4.69) is 22.4 Å². The van der Waals surface area contributed by atoms with Crippen LogP contribution in [0, 0.1) is 0 Å². The SMILES string of the molecule is NC(=NCCS(=O)(=O)N1CCc2ccccc21)Nc1ccc2c(c1)CCC2. The van der Waals surface area contributed by atoms with Gasteiger partial charge in [-0.15, -0.1) is 0 Å². The molecule has 4 rings (SSSR count). The molecule has 0 atom stereocenters. The number of anilines is 2. The number of para-hydroxylation sites is 1. The van der Waals surface area contributed by atoms with E-state index in [-0.39, 0.29) is 18.3 Å². The lowest BCUT2D eigenvalue weighted by molar-refractivity contribution is 0.592. The molecule has 0 saturated heterocycles. The molecule has 1 aliphatic carbocycles. The second kappa shape index (κ2) is 7.23. The second-order valence-corrected chi connectivity index (χ2v) is 9.01. The van der Waals surface area contributed by atoms with Gasteiger partial charge in [-0.05, 0) is 60.6 Å². The number of fused-ring (bicyclic) bond motifs is 2. The summed E-state index contributed by atoms with van der Waals surface area (Å²) < 4.78 is 26.8. The summed E-state index contributed by atoms with van der Waals surface area (Å²) in [6.45, 7) is 0.624. The second-order valence-electron chi connectivity index (χ2n) is 7.00. The minimum absolute atomic E-state index is 0.0616. The number of benzene rings is 2. The first-order valence-electron chi connectivity index (χ1n) is 9.30. The summed E-state index contributed by atoms with van der Waals surface area (Å²) in [7, 11) is -3.41. The number of hydrogen-bond donors (Lipinski definition) is 2. The molecule has 7 heteroatoms. The zero-order valence-electron chi connectivity index (χ0n) is 15.2. The van der Waals surface area contributed by atoms with E-state index in [9.17, 15) is 8.42 Å². The lowest BCUT2D eigenvalue weighted by Crippen LogP contribution is -2.33. The summed E-state index contributed by atoms with van der Waals surface area (Å²) in [5.74, 6) is 0.179. The summed E-state index contributed by atoms with van der Waals surface area (Å²) >= 11 is 0. The molecule has 2 aromatic carbocycles. The molecule has 27 heavy (non-hydrogen) atoms. The fourth-order valence-corrected chi connectivity index (χ4v) is 5.22. The van der Waals surface area contributed by atoms with Crippen LogP contribution in [0.2, 0.25) is 0 Å². The number of aryl methyl sites for hydroxylation is 2. The third-order valence-corrected chi connectivity index (χ3v) is 6.93. The van der Waals surface area contributed by atoms with E-state index in [1.807, 2.05) is 30.3 Å². The fraction of sp³-hybridized carbons (Fsp3) is 0.350. The first-order chi connectivity index (χ1) is 13.0. The number of hydrogen-bond acceptors (Lipinski definition) is 3. The minimum Gasteiger partial charge on any atom is -0.370 e. The molecule has 142 valence electrons. The molecule has 2 aliphatic rings. The molecular formula is C20H24N4O2S. The van der Waals surface area contributed by atoms with Gasteiger partial charge in [-0.25, -0.2) is 8.42 Å². The quantitative estimate of drug-likeness (QED) is 0.612. The van der Waals surface area contributed by atoms with Gasteiger partial charge in [0.15, 0.2) is 5.96 Å². The van der Waals surface area contributed by atoms with Crippen LogP contribution in [-0.4, -0.2) is 33.2 Å². The van der Waals surface area contributed by atoms with Gasteiger partial charge in [0.1, 0.15) is 0 Å². The Balaban J connectivity index is 1.37. The highest BCUT2D eigenvalue weighted by molar-refractivity contribution is 7.92. The van der Waals surface area contributed by atoms with Crippen LogP contribution in [0.5, 0.6) is 0 Å². The van der Waals surface area contributed by atoms with Gasteiger partial charge in [0, 0.05) is 12.2 Å². The maximum absolute atomic E-state index is 12.7. The van der Waals surface area contributed by atoms with Crippen molar-refractivity contribution in [3.63, 3.8) is 0 Å². The van der Waals surface area contributed by atoms with Crippen molar-refractivity contribution in [1.29, 1.82) is 0 Å². The molecule has 1 heterocycles. The molecule has 1 aliphatic heterocycles. The van der Waals surface area contributed by atoms with E-state index in [0.29, 0.717) is 6.54 Å². The summed E-state index contributed by atoms with van der Waals surface area (Å²) in [5.41, 5.74) is 11.4. The topological polar surface area (TPSA) is 87.8 Å². The van der Waals surface area contributed by atoms with Gasteiger partial charge in [0.25, 0.3) is 0 Å². The standard InChI is InChI=1S/C20H24N4O2S/c21-20(23-18-9-8-15-5-3-6-17(15)14-18)22-11-13-27(25,26)24-12-10-16-4-1-2-7-19(16)24/h1-2,4,7-9,14H,3,5-6,10-13H2,(H3,21,22,23). The maximum atomic E-state index is 12.7. The van der Waals surface area contributed by atoms with Crippen molar-refractivity contribution in [3.05, 3.63) is 59.2 Å². The van der Waals surface area contributed by atoms with Crippen LogP contribution >= 0.6 is 0 Å². The van der Waals surface area contributed by atoms with Crippen LogP contribution in [0.4, 0.5) is 11.4 Å². The third-order valence-electron chi connectivity index (χ3n) is 5.18. The fourth-order valence-electron chi connectivity index (χ4n) is 3.83. The molecule has 0 radical (unpaired) electrons. The van der Waals surface area contributed by atoms with Gasteiger partial charge in [-0.2, -0.15) is 0 Å². The third kappa shape index (κ3) is 3.78. The first-order valence-corrected chi connectivity index (χ1v) is 10.9. The Morgan fingerprint density at radius 2 is 1.89 bits per heavy atom. The number of nitrogens with two attached hydrogens (primary N) is 1. The molecule has 0 aromatic heterocycles. The molecule has 0 amide bonds. The molecule has 3 N–H and O–H groups in total. The van der Waals surface area contributed by atoms with Gasteiger partial charge in [0.2, 0.25) is 10.0 Å². The Bertz CT molecular complexity index is 985. The molecular weight excluding hydrogens is 360 g/mol. The minimum atomic E-state index is -3.41. The van der Waals surface area contributed by atoms with Crippen LogP contribution in [0.15, 0.2) is 47.5 Å². The number of nitrogens with zero attached hydrogens (tertiary/aromatic N) is 2. The van der Waals surface area contributed by atoms with E-state index in [1.54, 1.807) is 0 Å². The molecule has 0 spiro atoms. The number of guanidine groups is 1. The lowest BCUT2D eigenvalue weighted by atomic mass is 10.1. The zero-order chi connectivity index (χ0) is 18.9. The van der Waals surface area contributed by atoms with Crippen molar-refractivity contribution >= 4 is 27.4 Å².